The summed E-state index contributed by atoms with van der Waals surface area (Å²) in [4.78, 5) is 0. The highest BCUT2D eigenvalue weighted by Crippen LogP contribution is 2.37. The van der Waals surface area contributed by atoms with Crippen molar-refractivity contribution in [2.45, 2.75) is 26.3 Å². The van der Waals surface area contributed by atoms with Crippen molar-refractivity contribution in [3.63, 3.8) is 0 Å². The van der Waals surface area contributed by atoms with Gasteiger partial charge in [-0.1, -0.05) is 17.7 Å². The Balaban J connectivity index is 2.01. The standard InChI is InChI=1S/C19H17F2N/c1-10-9-19(2,3)22-17-8-13-11(6-12(10)17)7-14-15(20)4-5-16(21)18(13)14/h4-9,12,22H,1-3H3. The highest BCUT2D eigenvalue weighted by molar-refractivity contribution is 5.89. The van der Waals surface area contributed by atoms with E-state index in [1.807, 2.05) is 6.08 Å². The Morgan fingerprint density at radius 2 is 1.82 bits per heavy atom. The van der Waals surface area contributed by atoms with Crippen LogP contribution in [0.5, 0.6) is 0 Å². The van der Waals surface area contributed by atoms with Crippen LogP contribution < -0.4 is 15.8 Å². The average molecular weight is 297 g/mol. The third kappa shape index (κ3) is 1.81. The van der Waals surface area contributed by atoms with Crippen LogP contribution in [0.2, 0.25) is 0 Å². The molecule has 1 unspecified atom stereocenters. The van der Waals surface area contributed by atoms with Gasteiger partial charge in [-0.15, -0.1) is 0 Å². The van der Waals surface area contributed by atoms with Gasteiger partial charge in [0.2, 0.25) is 0 Å². The molecule has 3 heteroatoms. The van der Waals surface area contributed by atoms with Gasteiger partial charge in [-0.25, -0.2) is 8.78 Å². The molecule has 1 aromatic rings. The second kappa shape index (κ2) is 4.19. The first kappa shape index (κ1) is 13.5. The van der Waals surface area contributed by atoms with Crippen molar-refractivity contribution in [3.8, 4) is 0 Å². The molecule has 4 rings (SSSR count). The van der Waals surface area contributed by atoms with Crippen molar-refractivity contribution < 1.29 is 8.78 Å². The van der Waals surface area contributed by atoms with Crippen LogP contribution in [0.1, 0.15) is 20.8 Å². The number of allylic oxidation sites excluding steroid dienone is 3. The molecule has 22 heavy (non-hydrogen) atoms. The molecule has 3 aliphatic rings. The van der Waals surface area contributed by atoms with Gasteiger partial charge < -0.3 is 5.32 Å². The molecule has 0 saturated heterocycles. The molecule has 1 atom stereocenters. The van der Waals surface area contributed by atoms with Crippen LogP contribution in [0.4, 0.5) is 8.78 Å². The molecule has 1 aliphatic heterocycles. The van der Waals surface area contributed by atoms with Crippen LogP contribution >= 0.6 is 0 Å². The van der Waals surface area contributed by atoms with Gasteiger partial charge >= 0.3 is 0 Å². The number of fused-ring (bicyclic) bond motifs is 3. The Morgan fingerprint density at radius 3 is 2.59 bits per heavy atom. The fraction of sp³-hybridized carbons (Fsp3) is 0.263. The molecule has 2 aliphatic carbocycles. The maximum Gasteiger partial charge on any atom is 0.131 e. The molecular formula is C19H17F2N. The predicted octanol–water partition coefficient (Wildman–Crippen LogP) is 2.68. The van der Waals surface area contributed by atoms with E-state index < -0.39 is 0 Å². The lowest BCUT2D eigenvalue weighted by molar-refractivity contribution is 0.477. The van der Waals surface area contributed by atoms with E-state index in [0.717, 1.165) is 16.8 Å². The SMILES string of the molecule is CC1=CC(C)(C)NC2=CC3=c4c(F)ccc(F)c4=CC3=CC12. The minimum Gasteiger partial charge on any atom is -0.379 e. The smallest absolute Gasteiger partial charge is 0.131 e. The summed E-state index contributed by atoms with van der Waals surface area (Å²) in [6, 6.07) is 2.39. The van der Waals surface area contributed by atoms with Gasteiger partial charge in [0.15, 0.2) is 0 Å². The molecule has 1 heterocycles. The Hall–Kier alpha value is -2.16. The first-order valence-corrected chi connectivity index (χ1v) is 7.47. The van der Waals surface area contributed by atoms with Crippen molar-refractivity contribution in [3.05, 3.63) is 69.3 Å². The number of hydrogen-bond acceptors (Lipinski definition) is 1. The van der Waals surface area contributed by atoms with Gasteiger partial charge in [0, 0.05) is 27.6 Å². The van der Waals surface area contributed by atoms with Crippen LogP contribution in [-0.2, 0) is 0 Å². The Morgan fingerprint density at radius 1 is 1.09 bits per heavy atom. The zero-order chi connectivity index (χ0) is 15.6. The minimum atomic E-state index is -0.374. The summed E-state index contributed by atoms with van der Waals surface area (Å²) >= 11 is 0. The monoisotopic (exact) mass is 297 g/mol. The molecule has 1 N–H and O–H groups in total. The van der Waals surface area contributed by atoms with E-state index in [1.165, 1.54) is 17.7 Å². The largest absolute Gasteiger partial charge is 0.379 e. The van der Waals surface area contributed by atoms with Gasteiger partial charge in [-0.2, -0.15) is 0 Å². The van der Waals surface area contributed by atoms with E-state index >= 15 is 0 Å². The lowest BCUT2D eigenvalue weighted by atomic mass is 9.80. The molecule has 1 aromatic carbocycles. The third-order valence-corrected chi connectivity index (χ3v) is 4.55. The van der Waals surface area contributed by atoms with E-state index in [2.05, 4.69) is 38.2 Å². The fourth-order valence-electron chi connectivity index (χ4n) is 3.73. The van der Waals surface area contributed by atoms with Crippen LogP contribution in [0.3, 0.4) is 0 Å². The lowest BCUT2D eigenvalue weighted by Crippen LogP contribution is -2.43. The zero-order valence-electron chi connectivity index (χ0n) is 12.8. The van der Waals surface area contributed by atoms with Crippen LogP contribution in [0, 0.1) is 17.6 Å². The van der Waals surface area contributed by atoms with E-state index in [0.29, 0.717) is 10.4 Å². The number of nitrogens with one attached hydrogen (secondary N) is 1. The number of benzene rings is 1. The van der Waals surface area contributed by atoms with E-state index in [1.54, 1.807) is 6.08 Å². The molecule has 0 aromatic heterocycles. The Labute approximate surface area is 128 Å². The molecule has 1 nitrogen and oxygen atoms in total. The first-order chi connectivity index (χ1) is 10.4. The van der Waals surface area contributed by atoms with Crippen LogP contribution in [-0.4, -0.2) is 5.54 Å². The van der Waals surface area contributed by atoms with Crippen molar-refractivity contribution in [1.82, 2.24) is 5.32 Å². The Bertz CT molecular complexity index is 913. The summed E-state index contributed by atoms with van der Waals surface area (Å²) < 4.78 is 28.2. The van der Waals surface area contributed by atoms with Crippen molar-refractivity contribution >= 4 is 11.6 Å². The number of hydrogen-bond donors (Lipinski definition) is 1. The predicted molar refractivity (Wildman–Crippen MR) is 84.1 cm³/mol. The number of halogens is 2. The normalized spacial score (nSPS) is 24.1. The first-order valence-electron chi connectivity index (χ1n) is 7.47. The highest BCUT2D eigenvalue weighted by Gasteiger charge is 2.31. The molecule has 112 valence electrons. The van der Waals surface area contributed by atoms with Crippen LogP contribution in [0.25, 0.3) is 11.6 Å². The summed E-state index contributed by atoms with van der Waals surface area (Å²) in [6.07, 6.45) is 8.03. The second-order valence-electron chi connectivity index (χ2n) is 6.81. The quantitative estimate of drug-likeness (QED) is 0.726. The third-order valence-electron chi connectivity index (χ3n) is 4.55. The maximum absolute atomic E-state index is 14.2. The minimum absolute atomic E-state index is 0.135. The highest BCUT2D eigenvalue weighted by atomic mass is 19.1. The lowest BCUT2D eigenvalue weighted by Gasteiger charge is -2.37. The fourth-order valence-corrected chi connectivity index (χ4v) is 3.73. The molecule has 0 spiro atoms. The maximum atomic E-state index is 14.2. The summed E-state index contributed by atoms with van der Waals surface area (Å²) in [6.45, 7) is 6.31. The summed E-state index contributed by atoms with van der Waals surface area (Å²) in [5, 5.41) is 4.23. The van der Waals surface area contributed by atoms with E-state index in [9.17, 15) is 8.78 Å². The molecule has 0 bridgehead atoms. The van der Waals surface area contributed by atoms with Gasteiger partial charge in [0.05, 0.1) is 0 Å². The van der Waals surface area contributed by atoms with Gasteiger partial charge in [-0.3, -0.25) is 0 Å². The summed E-state index contributed by atoms with van der Waals surface area (Å²) in [5.74, 6) is -0.590. The molecule has 0 saturated carbocycles. The zero-order valence-corrected chi connectivity index (χ0v) is 12.8. The molecule has 0 fully saturated rings. The van der Waals surface area contributed by atoms with Crippen molar-refractivity contribution in [2.24, 2.45) is 5.92 Å². The number of rotatable bonds is 0. The molecule has 0 amide bonds. The average Bonchev–Trinajstić information content (AvgIpc) is 2.79. The second-order valence-corrected chi connectivity index (χ2v) is 6.81. The van der Waals surface area contributed by atoms with E-state index in [4.69, 9.17) is 0 Å². The summed E-state index contributed by atoms with van der Waals surface area (Å²) in [5.41, 5.74) is 3.85. The summed E-state index contributed by atoms with van der Waals surface area (Å²) in [7, 11) is 0. The van der Waals surface area contributed by atoms with Crippen molar-refractivity contribution in [1.29, 1.82) is 0 Å². The van der Waals surface area contributed by atoms with Gasteiger partial charge in [0.25, 0.3) is 0 Å². The topological polar surface area (TPSA) is 12.0 Å². The van der Waals surface area contributed by atoms with Gasteiger partial charge in [-0.05, 0) is 56.2 Å². The van der Waals surface area contributed by atoms with Crippen LogP contribution in [0.15, 0.2) is 47.2 Å². The Kier molecular flexibility index (Phi) is 2.57. The molecular weight excluding hydrogens is 280 g/mol. The van der Waals surface area contributed by atoms with E-state index in [-0.39, 0.29) is 23.1 Å². The molecule has 0 radical (unpaired) electrons. The van der Waals surface area contributed by atoms with Crippen molar-refractivity contribution in [2.75, 3.05) is 0 Å². The van der Waals surface area contributed by atoms with Gasteiger partial charge in [0.1, 0.15) is 11.6 Å².